The van der Waals surface area contributed by atoms with Crippen molar-refractivity contribution in [3.63, 3.8) is 0 Å². The lowest BCUT2D eigenvalue weighted by molar-refractivity contribution is 0.446. The maximum absolute atomic E-state index is 5.16. The van der Waals surface area contributed by atoms with Gasteiger partial charge in [0, 0.05) is 0 Å². The molecule has 2 heteroatoms. The Labute approximate surface area is 85.7 Å². The molecule has 2 atom stereocenters. The summed E-state index contributed by atoms with van der Waals surface area (Å²) in [6.07, 6.45) is 7.76. The van der Waals surface area contributed by atoms with Gasteiger partial charge < -0.3 is 9.73 Å². The highest BCUT2D eigenvalue weighted by Gasteiger charge is 2.28. The van der Waals surface area contributed by atoms with Crippen LogP contribution in [-0.2, 0) is 0 Å². The Balaban J connectivity index is 1.97. The van der Waals surface area contributed by atoms with Crippen LogP contribution in [0.4, 0.5) is 0 Å². The van der Waals surface area contributed by atoms with E-state index in [2.05, 4.69) is 18.3 Å². The van der Waals surface area contributed by atoms with Crippen molar-refractivity contribution in [1.29, 1.82) is 0 Å². The van der Waals surface area contributed by atoms with Gasteiger partial charge in [0.1, 0.15) is 0 Å². The van der Waals surface area contributed by atoms with Gasteiger partial charge in [0.2, 0.25) is 0 Å². The molecule has 1 saturated carbocycles. The first-order chi connectivity index (χ1) is 6.92. The first kappa shape index (κ1) is 9.78. The van der Waals surface area contributed by atoms with Crippen LogP contribution in [0.15, 0.2) is 23.0 Å². The van der Waals surface area contributed by atoms with Gasteiger partial charge in [0.25, 0.3) is 0 Å². The molecule has 1 aliphatic carbocycles. The van der Waals surface area contributed by atoms with Crippen LogP contribution < -0.4 is 5.32 Å². The molecule has 1 aliphatic rings. The highest BCUT2D eigenvalue weighted by Crippen LogP contribution is 2.39. The van der Waals surface area contributed by atoms with Crippen LogP contribution >= 0.6 is 0 Å². The summed E-state index contributed by atoms with van der Waals surface area (Å²) < 4.78 is 5.16. The van der Waals surface area contributed by atoms with Crippen LogP contribution in [0.3, 0.4) is 0 Å². The molecule has 78 valence electrons. The van der Waals surface area contributed by atoms with Gasteiger partial charge in [-0.3, -0.25) is 0 Å². The summed E-state index contributed by atoms with van der Waals surface area (Å²) in [6, 6.07) is 2.12. The Morgan fingerprint density at radius 3 is 3.14 bits per heavy atom. The predicted molar refractivity (Wildman–Crippen MR) is 57.3 cm³/mol. The lowest BCUT2D eigenvalue weighted by Crippen LogP contribution is -2.24. The lowest BCUT2D eigenvalue weighted by atomic mass is 9.91. The third kappa shape index (κ3) is 2.01. The topological polar surface area (TPSA) is 25.2 Å². The van der Waals surface area contributed by atoms with Crippen molar-refractivity contribution >= 4 is 0 Å². The molecule has 0 aromatic carbocycles. The van der Waals surface area contributed by atoms with E-state index in [9.17, 15) is 0 Å². The van der Waals surface area contributed by atoms with Crippen molar-refractivity contribution < 1.29 is 4.42 Å². The largest absolute Gasteiger partial charge is 0.472 e. The Hall–Kier alpha value is -0.760. The molecule has 0 saturated heterocycles. The van der Waals surface area contributed by atoms with Crippen molar-refractivity contribution in [2.45, 2.75) is 32.1 Å². The van der Waals surface area contributed by atoms with Gasteiger partial charge in [-0.05, 0) is 49.4 Å². The van der Waals surface area contributed by atoms with E-state index < -0.39 is 0 Å². The molecule has 0 bridgehead atoms. The Bertz CT molecular complexity index is 255. The minimum atomic E-state index is 0.729. The minimum Gasteiger partial charge on any atom is -0.472 e. The molecule has 1 N–H and O–H groups in total. The fraction of sp³-hybridized carbons (Fsp3) is 0.667. The second-order valence-electron chi connectivity index (χ2n) is 4.16. The Morgan fingerprint density at radius 2 is 2.43 bits per heavy atom. The normalized spacial score (nSPS) is 26.9. The predicted octanol–water partition coefficient (Wildman–Crippen LogP) is 2.77. The smallest absolute Gasteiger partial charge is 0.0937 e. The highest BCUT2D eigenvalue weighted by molar-refractivity contribution is 5.15. The molecule has 1 aromatic rings. The van der Waals surface area contributed by atoms with E-state index in [1.54, 1.807) is 6.26 Å². The maximum Gasteiger partial charge on any atom is 0.0937 e. The van der Waals surface area contributed by atoms with E-state index in [1.165, 1.54) is 24.8 Å². The molecule has 1 fully saturated rings. The molecule has 0 radical (unpaired) electrons. The Kier molecular flexibility index (Phi) is 3.25. The summed E-state index contributed by atoms with van der Waals surface area (Å²) in [4.78, 5) is 0. The summed E-state index contributed by atoms with van der Waals surface area (Å²) >= 11 is 0. The van der Waals surface area contributed by atoms with Crippen LogP contribution in [0.2, 0.25) is 0 Å². The second kappa shape index (κ2) is 4.65. The second-order valence-corrected chi connectivity index (χ2v) is 4.16. The van der Waals surface area contributed by atoms with E-state index in [0.29, 0.717) is 0 Å². The van der Waals surface area contributed by atoms with Crippen LogP contribution in [-0.4, -0.2) is 13.1 Å². The zero-order chi connectivity index (χ0) is 9.80. The third-order valence-corrected chi connectivity index (χ3v) is 3.29. The zero-order valence-electron chi connectivity index (χ0n) is 8.83. The Morgan fingerprint density at radius 1 is 1.50 bits per heavy atom. The van der Waals surface area contributed by atoms with E-state index >= 15 is 0 Å². The molecule has 1 aromatic heterocycles. The quantitative estimate of drug-likeness (QED) is 0.795. The van der Waals surface area contributed by atoms with Gasteiger partial charge in [0.05, 0.1) is 12.5 Å². The molecule has 0 amide bonds. The van der Waals surface area contributed by atoms with Gasteiger partial charge in [-0.25, -0.2) is 0 Å². The van der Waals surface area contributed by atoms with Crippen molar-refractivity contribution in [3.05, 3.63) is 24.2 Å². The molecule has 1 heterocycles. The van der Waals surface area contributed by atoms with E-state index in [0.717, 1.165) is 24.9 Å². The van der Waals surface area contributed by atoms with Gasteiger partial charge in [-0.15, -0.1) is 0 Å². The number of hydrogen-bond donors (Lipinski definition) is 1. The van der Waals surface area contributed by atoms with Gasteiger partial charge in [-0.2, -0.15) is 0 Å². The van der Waals surface area contributed by atoms with E-state index in [4.69, 9.17) is 4.42 Å². The van der Waals surface area contributed by atoms with Crippen LogP contribution in [0.25, 0.3) is 0 Å². The molecular formula is C12H19NO. The van der Waals surface area contributed by atoms with Crippen LogP contribution in [0.1, 0.15) is 37.7 Å². The number of furan rings is 1. The van der Waals surface area contributed by atoms with Crippen LogP contribution in [0, 0.1) is 5.92 Å². The molecule has 0 spiro atoms. The van der Waals surface area contributed by atoms with Crippen molar-refractivity contribution in [2.75, 3.05) is 13.1 Å². The van der Waals surface area contributed by atoms with Crippen LogP contribution in [0.5, 0.6) is 0 Å². The van der Waals surface area contributed by atoms with E-state index in [1.807, 2.05) is 6.26 Å². The molecule has 2 nitrogen and oxygen atoms in total. The standard InChI is InChI=1S/C12H19NO/c1-2-13-8-10-4-3-5-12(10)11-6-7-14-9-11/h6-7,9-10,12-13H,2-5,8H2,1H3. The lowest BCUT2D eigenvalue weighted by Gasteiger charge is -2.18. The summed E-state index contributed by atoms with van der Waals surface area (Å²) in [5.74, 6) is 1.54. The summed E-state index contributed by atoms with van der Waals surface area (Å²) in [6.45, 7) is 4.41. The fourth-order valence-corrected chi connectivity index (χ4v) is 2.54. The SMILES string of the molecule is CCNCC1CCCC1c1ccoc1. The number of hydrogen-bond acceptors (Lipinski definition) is 2. The fourth-order valence-electron chi connectivity index (χ4n) is 2.54. The summed E-state index contributed by atoms with van der Waals surface area (Å²) in [5, 5.41) is 3.45. The first-order valence-corrected chi connectivity index (χ1v) is 5.64. The summed E-state index contributed by atoms with van der Waals surface area (Å²) in [5.41, 5.74) is 1.39. The minimum absolute atomic E-state index is 0.729. The van der Waals surface area contributed by atoms with Gasteiger partial charge in [-0.1, -0.05) is 13.3 Å². The number of nitrogens with one attached hydrogen (secondary N) is 1. The molecule has 0 aliphatic heterocycles. The summed E-state index contributed by atoms with van der Waals surface area (Å²) in [7, 11) is 0. The van der Waals surface area contributed by atoms with Crippen molar-refractivity contribution in [2.24, 2.45) is 5.92 Å². The van der Waals surface area contributed by atoms with Gasteiger partial charge in [0.15, 0.2) is 0 Å². The third-order valence-electron chi connectivity index (χ3n) is 3.29. The monoisotopic (exact) mass is 193 g/mol. The average Bonchev–Trinajstić information content (AvgIpc) is 2.84. The van der Waals surface area contributed by atoms with Crippen molar-refractivity contribution in [1.82, 2.24) is 5.32 Å². The number of rotatable bonds is 4. The molecule has 2 unspecified atom stereocenters. The van der Waals surface area contributed by atoms with E-state index in [-0.39, 0.29) is 0 Å². The first-order valence-electron chi connectivity index (χ1n) is 5.64. The maximum atomic E-state index is 5.16. The molecule has 14 heavy (non-hydrogen) atoms. The zero-order valence-corrected chi connectivity index (χ0v) is 8.83. The average molecular weight is 193 g/mol. The highest BCUT2D eigenvalue weighted by atomic mass is 16.3. The molecular weight excluding hydrogens is 174 g/mol. The molecule has 2 rings (SSSR count). The van der Waals surface area contributed by atoms with Gasteiger partial charge >= 0.3 is 0 Å². The van der Waals surface area contributed by atoms with Crippen molar-refractivity contribution in [3.8, 4) is 0 Å².